The molecular formula is C20H16N2O2S. The summed E-state index contributed by atoms with van der Waals surface area (Å²) < 4.78 is 0. The Balaban J connectivity index is 1.47. The normalized spacial score (nSPS) is 13.4. The third-order valence-electron chi connectivity index (χ3n) is 4.33. The summed E-state index contributed by atoms with van der Waals surface area (Å²) >= 11 is 1.56. The van der Waals surface area contributed by atoms with Crippen molar-refractivity contribution >= 4 is 23.2 Å². The van der Waals surface area contributed by atoms with Gasteiger partial charge in [0, 0.05) is 23.9 Å². The zero-order valence-electron chi connectivity index (χ0n) is 13.7. The van der Waals surface area contributed by atoms with Crippen molar-refractivity contribution < 1.29 is 9.59 Å². The van der Waals surface area contributed by atoms with Crippen LogP contribution in [0.15, 0.2) is 53.9 Å². The number of nitrogens with zero attached hydrogens (tertiary/aromatic N) is 2. The van der Waals surface area contributed by atoms with E-state index in [0.717, 1.165) is 16.3 Å². The van der Waals surface area contributed by atoms with E-state index in [9.17, 15) is 9.59 Å². The lowest BCUT2D eigenvalue weighted by Gasteiger charge is -2.12. The molecule has 2 heterocycles. The lowest BCUT2D eigenvalue weighted by atomic mass is 10.1. The van der Waals surface area contributed by atoms with Gasteiger partial charge in [-0.05, 0) is 19.1 Å². The molecule has 25 heavy (non-hydrogen) atoms. The Morgan fingerprint density at radius 1 is 0.960 bits per heavy atom. The van der Waals surface area contributed by atoms with Gasteiger partial charge in [0.2, 0.25) is 0 Å². The van der Waals surface area contributed by atoms with Crippen LogP contribution in [-0.2, 0) is 6.42 Å². The molecule has 4 rings (SSSR count). The number of carbonyl (C=O) groups excluding carboxylic acids is 2. The van der Waals surface area contributed by atoms with Gasteiger partial charge in [-0.15, -0.1) is 11.3 Å². The Hall–Kier alpha value is -2.79. The van der Waals surface area contributed by atoms with E-state index in [1.807, 2.05) is 5.38 Å². The number of thiazole rings is 1. The first-order chi connectivity index (χ1) is 12.1. The number of amides is 2. The molecular weight excluding hydrogens is 332 g/mol. The fourth-order valence-corrected chi connectivity index (χ4v) is 3.73. The Bertz CT molecular complexity index is 925. The third kappa shape index (κ3) is 2.87. The molecule has 0 bridgehead atoms. The Labute approximate surface area is 149 Å². The van der Waals surface area contributed by atoms with Crippen molar-refractivity contribution in [3.05, 3.63) is 75.6 Å². The first-order valence-corrected chi connectivity index (χ1v) is 8.98. The summed E-state index contributed by atoms with van der Waals surface area (Å²) in [6.45, 7) is 2.41. The lowest BCUT2D eigenvalue weighted by Crippen LogP contribution is -2.31. The van der Waals surface area contributed by atoms with Gasteiger partial charge in [-0.3, -0.25) is 14.5 Å². The summed E-state index contributed by atoms with van der Waals surface area (Å²) in [7, 11) is 0. The minimum absolute atomic E-state index is 0.212. The summed E-state index contributed by atoms with van der Waals surface area (Å²) in [5.74, 6) is -0.424. The van der Waals surface area contributed by atoms with Crippen LogP contribution in [0.4, 0.5) is 0 Å². The maximum Gasteiger partial charge on any atom is 0.261 e. The maximum atomic E-state index is 12.4. The maximum absolute atomic E-state index is 12.4. The van der Waals surface area contributed by atoms with Crippen LogP contribution < -0.4 is 0 Å². The van der Waals surface area contributed by atoms with Crippen LogP contribution in [-0.4, -0.2) is 28.2 Å². The van der Waals surface area contributed by atoms with E-state index in [4.69, 9.17) is 0 Å². The quantitative estimate of drug-likeness (QED) is 0.671. The van der Waals surface area contributed by atoms with E-state index in [1.54, 1.807) is 35.6 Å². The van der Waals surface area contributed by atoms with E-state index >= 15 is 0 Å². The number of benzene rings is 2. The zero-order chi connectivity index (χ0) is 17.4. The lowest BCUT2D eigenvalue weighted by molar-refractivity contribution is 0.0656. The molecule has 1 aromatic heterocycles. The molecule has 2 aromatic carbocycles. The summed E-state index contributed by atoms with van der Waals surface area (Å²) in [6.07, 6.45) is 0.571. The van der Waals surface area contributed by atoms with Gasteiger partial charge in [-0.25, -0.2) is 4.98 Å². The molecule has 0 saturated carbocycles. The zero-order valence-corrected chi connectivity index (χ0v) is 14.5. The van der Waals surface area contributed by atoms with E-state index in [-0.39, 0.29) is 11.8 Å². The second kappa shape index (κ2) is 6.26. The van der Waals surface area contributed by atoms with Gasteiger partial charge in [0.25, 0.3) is 11.8 Å². The summed E-state index contributed by atoms with van der Waals surface area (Å²) in [5.41, 5.74) is 4.21. The molecule has 3 aromatic rings. The molecule has 1 aliphatic heterocycles. The van der Waals surface area contributed by atoms with Crippen molar-refractivity contribution in [2.45, 2.75) is 13.3 Å². The molecule has 0 spiro atoms. The molecule has 0 saturated heterocycles. The van der Waals surface area contributed by atoms with Crippen molar-refractivity contribution in [3.8, 4) is 11.3 Å². The van der Waals surface area contributed by atoms with Crippen LogP contribution in [0.5, 0.6) is 0 Å². The van der Waals surface area contributed by atoms with Crippen molar-refractivity contribution in [1.82, 2.24) is 9.88 Å². The molecule has 0 unspecified atom stereocenters. The van der Waals surface area contributed by atoms with Crippen LogP contribution in [0.1, 0.15) is 31.3 Å². The first-order valence-electron chi connectivity index (χ1n) is 8.10. The van der Waals surface area contributed by atoms with Crippen LogP contribution in [0, 0.1) is 6.92 Å². The molecule has 2 amide bonds. The van der Waals surface area contributed by atoms with Crippen molar-refractivity contribution in [3.63, 3.8) is 0 Å². The van der Waals surface area contributed by atoms with Gasteiger partial charge >= 0.3 is 0 Å². The number of fused-ring (bicyclic) bond motifs is 1. The smallest absolute Gasteiger partial charge is 0.261 e. The summed E-state index contributed by atoms with van der Waals surface area (Å²) in [5, 5.41) is 2.94. The monoisotopic (exact) mass is 348 g/mol. The fraction of sp³-hybridized carbons (Fsp3) is 0.150. The highest BCUT2D eigenvalue weighted by Crippen LogP contribution is 2.25. The first kappa shape index (κ1) is 15.7. The summed E-state index contributed by atoms with van der Waals surface area (Å²) in [6, 6.07) is 15.2. The highest BCUT2D eigenvalue weighted by atomic mass is 32.1. The van der Waals surface area contributed by atoms with Gasteiger partial charge in [0.1, 0.15) is 0 Å². The molecule has 0 aliphatic carbocycles. The van der Waals surface area contributed by atoms with Crippen molar-refractivity contribution in [1.29, 1.82) is 0 Å². The number of hydrogen-bond acceptors (Lipinski definition) is 4. The van der Waals surface area contributed by atoms with E-state index in [2.05, 4.69) is 36.2 Å². The second-order valence-corrected chi connectivity index (χ2v) is 6.99. The van der Waals surface area contributed by atoms with Gasteiger partial charge in [-0.1, -0.05) is 42.0 Å². The minimum Gasteiger partial charge on any atom is -0.274 e. The average Bonchev–Trinajstić information content (AvgIpc) is 3.19. The molecule has 0 radical (unpaired) electrons. The molecule has 0 atom stereocenters. The predicted octanol–water partition coefficient (Wildman–Crippen LogP) is 3.96. The standard InChI is InChI=1S/C20H16N2O2S/c1-13-6-8-14(9-7-13)17-12-25-18(21-17)10-11-22-19(23)15-4-2-3-5-16(15)20(22)24/h2-9,12H,10-11H2,1H3. The fourth-order valence-electron chi connectivity index (χ4n) is 2.93. The van der Waals surface area contributed by atoms with Crippen molar-refractivity contribution in [2.24, 2.45) is 0 Å². The molecule has 5 heteroatoms. The molecule has 1 aliphatic rings. The van der Waals surface area contributed by atoms with Crippen LogP contribution in [0.25, 0.3) is 11.3 Å². The van der Waals surface area contributed by atoms with Crippen LogP contribution in [0.3, 0.4) is 0 Å². The third-order valence-corrected chi connectivity index (χ3v) is 5.24. The summed E-state index contributed by atoms with van der Waals surface area (Å²) in [4.78, 5) is 30.7. The predicted molar refractivity (Wildman–Crippen MR) is 97.8 cm³/mol. The van der Waals surface area contributed by atoms with E-state index in [1.165, 1.54) is 10.5 Å². The second-order valence-electron chi connectivity index (χ2n) is 6.05. The van der Waals surface area contributed by atoms with Gasteiger partial charge in [0.15, 0.2) is 0 Å². The number of hydrogen-bond donors (Lipinski definition) is 0. The molecule has 0 N–H and O–H groups in total. The highest BCUT2D eigenvalue weighted by Gasteiger charge is 2.34. The largest absolute Gasteiger partial charge is 0.274 e. The number of rotatable bonds is 4. The van der Waals surface area contributed by atoms with Gasteiger partial charge < -0.3 is 0 Å². The molecule has 124 valence electrons. The Kier molecular flexibility index (Phi) is 3.93. The molecule has 0 fully saturated rings. The number of imide groups is 1. The van der Waals surface area contributed by atoms with Gasteiger partial charge in [0.05, 0.1) is 21.8 Å². The van der Waals surface area contributed by atoms with Crippen LogP contribution in [0.2, 0.25) is 0 Å². The van der Waals surface area contributed by atoms with Crippen molar-refractivity contribution in [2.75, 3.05) is 6.54 Å². The number of aromatic nitrogens is 1. The molecule has 4 nitrogen and oxygen atoms in total. The van der Waals surface area contributed by atoms with Crippen LogP contribution >= 0.6 is 11.3 Å². The Morgan fingerprint density at radius 2 is 1.60 bits per heavy atom. The Morgan fingerprint density at radius 3 is 2.24 bits per heavy atom. The highest BCUT2D eigenvalue weighted by molar-refractivity contribution is 7.09. The van der Waals surface area contributed by atoms with E-state index < -0.39 is 0 Å². The minimum atomic E-state index is -0.212. The topological polar surface area (TPSA) is 50.3 Å². The number of carbonyl (C=O) groups is 2. The number of aryl methyl sites for hydroxylation is 1. The van der Waals surface area contributed by atoms with Gasteiger partial charge in [-0.2, -0.15) is 0 Å². The average molecular weight is 348 g/mol. The SMILES string of the molecule is Cc1ccc(-c2csc(CCN3C(=O)c4ccccc4C3=O)n2)cc1. The van der Waals surface area contributed by atoms with E-state index in [0.29, 0.717) is 24.1 Å².